The zero-order valence-electron chi connectivity index (χ0n) is 14.8. The van der Waals surface area contributed by atoms with Crippen LogP contribution in [0.1, 0.15) is 24.0 Å². The number of benzene rings is 2. The van der Waals surface area contributed by atoms with Gasteiger partial charge >= 0.3 is 0 Å². The van der Waals surface area contributed by atoms with Crippen molar-refractivity contribution in [3.8, 4) is 0 Å². The highest BCUT2D eigenvalue weighted by Gasteiger charge is 2.14. The summed E-state index contributed by atoms with van der Waals surface area (Å²) in [4.78, 5) is 24.3. The van der Waals surface area contributed by atoms with E-state index in [1.807, 2.05) is 30.3 Å². The van der Waals surface area contributed by atoms with Crippen molar-refractivity contribution < 1.29 is 9.72 Å². The number of carbonyl (C=O) groups excluding carboxylic acids is 1. The Bertz CT molecular complexity index is 768. The van der Waals surface area contributed by atoms with Gasteiger partial charge in [-0.15, -0.1) is 0 Å². The lowest BCUT2D eigenvalue weighted by Gasteiger charge is -2.18. The molecule has 2 aromatic carbocycles. The zero-order chi connectivity index (χ0) is 19.1. The summed E-state index contributed by atoms with van der Waals surface area (Å²) < 4.78 is 0. The molecule has 1 atom stereocenters. The first kappa shape index (κ1) is 19.9. The van der Waals surface area contributed by atoms with Crippen LogP contribution in [0.3, 0.4) is 0 Å². The number of nitrogens with zero attached hydrogens (tertiary/aromatic N) is 2. The van der Waals surface area contributed by atoms with Gasteiger partial charge in [0.25, 0.3) is 5.69 Å². The number of nitro benzene ring substituents is 1. The number of amides is 1. The molecule has 1 amide bonds. The molecule has 0 aliphatic rings. The average Bonchev–Trinajstić information content (AvgIpc) is 2.62. The van der Waals surface area contributed by atoms with Crippen LogP contribution in [0.15, 0.2) is 48.5 Å². The predicted octanol–water partition coefficient (Wildman–Crippen LogP) is 3.60. The number of hydrogen-bond acceptors (Lipinski definition) is 4. The number of likely N-dealkylation sites (N-methyl/N-ethyl adjacent to an activating group) is 1. The van der Waals surface area contributed by atoms with Crippen LogP contribution in [0.2, 0.25) is 5.02 Å². The van der Waals surface area contributed by atoms with Gasteiger partial charge in [0.1, 0.15) is 0 Å². The second-order valence-corrected chi connectivity index (χ2v) is 6.73. The highest BCUT2D eigenvalue weighted by molar-refractivity contribution is 6.31. The van der Waals surface area contributed by atoms with Gasteiger partial charge in [-0.2, -0.15) is 0 Å². The van der Waals surface area contributed by atoms with Crippen molar-refractivity contribution in [2.45, 2.75) is 19.4 Å². The second kappa shape index (κ2) is 9.31. The molecule has 0 aromatic heterocycles. The highest BCUT2D eigenvalue weighted by Crippen LogP contribution is 2.23. The Kier molecular flexibility index (Phi) is 7.12. The minimum absolute atomic E-state index is 0.0149. The Morgan fingerprint density at radius 2 is 1.96 bits per heavy atom. The third-order valence-corrected chi connectivity index (χ3v) is 4.44. The summed E-state index contributed by atoms with van der Waals surface area (Å²) in [6.07, 6.45) is 0. The van der Waals surface area contributed by atoms with Gasteiger partial charge < -0.3 is 5.32 Å². The SMILES string of the molecule is CC(CNC(=O)CN(C)Cc1cc([N+](=O)[O-])ccc1Cl)c1ccccc1. The van der Waals surface area contributed by atoms with Crippen molar-refractivity contribution in [1.82, 2.24) is 10.2 Å². The summed E-state index contributed by atoms with van der Waals surface area (Å²) in [5.41, 5.74) is 1.78. The molecule has 0 aliphatic carbocycles. The molecule has 1 N–H and O–H groups in total. The molecular formula is C19H22ClN3O3. The lowest BCUT2D eigenvalue weighted by atomic mass is 10.0. The lowest BCUT2D eigenvalue weighted by molar-refractivity contribution is -0.384. The van der Waals surface area contributed by atoms with Crippen LogP contribution in [-0.2, 0) is 11.3 Å². The fraction of sp³-hybridized carbons (Fsp3) is 0.316. The summed E-state index contributed by atoms with van der Waals surface area (Å²) in [5, 5.41) is 14.2. The zero-order valence-corrected chi connectivity index (χ0v) is 15.6. The van der Waals surface area contributed by atoms with Gasteiger partial charge in [-0.05, 0) is 30.2 Å². The van der Waals surface area contributed by atoms with Crippen molar-refractivity contribution >= 4 is 23.2 Å². The molecule has 7 heteroatoms. The maximum atomic E-state index is 12.1. The molecule has 0 fully saturated rings. The smallest absolute Gasteiger partial charge is 0.269 e. The van der Waals surface area contributed by atoms with Gasteiger partial charge in [-0.1, -0.05) is 48.9 Å². The molecule has 0 aliphatic heterocycles. The fourth-order valence-electron chi connectivity index (χ4n) is 2.61. The molecule has 0 saturated heterocycles. The molecule has 0 spiro atoms. The Morgan fingerprint density at radius 3 is 2.62 bits per heavy atom. The van der Waals surface area contributed by atoms with E-state index in [1.165, 1.54) is 23.8 Å². The Morgan fingerprint density at radius 1 is 1.27 bits per heavy atom. The summed E-state index contributed by atoms with van der Waals surface area (Å²) >= 11 is 6.10. The van der Waals surface area contributed by atoms with Crippen molar-refractivity contribution in [3.63, 3.8) is 0 Å². The van der Waals surface area contributed by atoms with Crippen molar-refractivity contribution in [2.75, 3.05) is 20.1 Å². The monoisotopic (exact) mass is 375 g/mol. The molecule has 1 unspecified atom stereocenters. The standard InChI is InChI=1S/C19H22ClN3O3/c1-14(15-6-4-3-5-7-15)11-21-19(24)13-22(2)12-16-10-17(23(25)26)8-9-18(16)20/h3-10,14H,11-13H2,1-2H3,(H,21,24). The topological polar surface area (TPSA) is 75.5 Å². The van der Waals surface area contributed by atoms with Crippen LogP contribution < -0.4 is 5.32 Å². The average molecular weight is 376 g/mol. The predicted molar refractivity (Wildman–Crippen MR) is 102 cm³/mol. The maximum absolute atomic E-state index is 12.1. The minimum Gasteiger partial charge on any atom is -0.354 e. The van der Waals surface area contributed by atoms with Crippen LogP contribution in [0.5, 0.6) is 0 Å². The first-order valence-corrected chi connectivity index (χ1v) is 8.67. The van der Waals surface area contributed by atoms with E-state index in [2.05, 4.69) is 12.2 Å². The quantitative estimate of drug-likeness (QED) is 0.565. The molecule has 26 heavy (non-hydrogen) atoms. The van der Waals surface area contributed by atoms with Crippen LogP contribution in [0, 0.1) is 10.1 Å². The minimum atomic E-state index is -0.461. The van der Waals surface area contributed by atoms with E-state index in [4.69, 9.17) is 11.6 Å². The van der Waals surface area contributed by atoms with Gasteiger partial charge in [0, 0.05) is 30.2 Å². The maximum Gasteiger partial charge on any atom is 0.269 e. The fourth-order valence-corrected chi connectivity index (χ4v) is 2.79. The molecule has 6 nitrogen and oxygen atoms in total. The number of nitrogens with one attached hydrogen (secondary N) is 1. The Hall–Kier alpha value is -2.44. The van der Waals surface area contributed by atoms with E-state index in [0.29, 0.717) is 23.7 Å². The molecule has 2 aromatic rings. The summed E-state index contributed by atoms with van der Waals surface area (Å²) in [6, 6.07) is 14.3. The van der Waals surface area contributed by atoms with Crippen molar-refractivity contribution in [3.05, 3.63) is 74.8 Å². The number of hydrogen-bond donors (Lipinski definition) is 1. The summed E-state index contributed by atoms with van der Waals surface area (Å²) in [6.45, 7) is 3.14. The van der Waals surface area contributed by atoms with Gasteiger partial charge in [-0.25, -0.2) is 0 Å². The number of rotatable bonds is 8. The highest BCUT2D eigenvalue weighted by atomic mass is 35.5. The number of halogens is 1. The molecule has 0 saturated carbocycles. The van der Waals surface area contributed by atoms with E-state index in [1.54, 1.807) is 11.9 Å². The normalized spacial score (nSPS) is 12.0. The van der Waals surface area contributed by atoms with Crippen LogP contribution in [0.25, 0.3) is 0 Å². The Balaban J connectivity index is 1.85. The van der Waals surface area contributed by atoms with Crippen molar-refractivity contribution in [2.24, 2.45) is 0 Å². The van der Waals surface area contributed by atoms with Crippen LogP contribution >= 0.6 is 11.6 Å². The molecule has 138 valence electrons. The molecule has 0 heterocycles. The molecule has 2 rings (SSSR count). The van der Waals surface area contributed by atoms with Gasteiger partial charge in [-0.3, -0.25) is 19.8 Å². The summed E-state index contributed by atoms with van der Waals surface area (Å²) in [5.74, 6) is 0.119. The largest absolute Gasteiger partial charge is 0.354 e. The van der Waals surface area contributed by atoms with Gasteiger partial charge in [0.05, 0.1) is 11.5 Å². The molecule has 0 bridgehead atoms. The number of non-ortho nitro benzene ring substituents is 1. The first-order valence-electron chi connectivity index (χ1n) is 8.30. The van der Waals surface area contributed by atoms with E-state index in [-0.39, 0.29) is 24.1 Å². The van der Waals surface area contributed by atoms with Crippen LogP contribution in [-0.4, -0.2) is 35.9 Å². The first-order chi connectivity index (χ1) is 12.4. The molecular weight excluding hydrogens is 354 g/mol. The second-order valence-electron chi connectivity index (χ2n) is 6.32. The van der Waals surface area contributed by atoms with E-state index in [9.17, 15) is 14.9 Å². The van der Waals surface area contributed by atoms with Gasteiger partial charge in [0.2, 0.25) is 5.91 Å². The lowest BCUT2D eigenvalue weighted by Crippen LogP contribution is -2.36. The Labute approximate surface area is 157 Å². The van der Waals surface area contributed by atoms with E-state index < -0.39 is 4.92 Å². The number of carbonyl (C=O) groups is 1. The van der Waals surface area contributed by atoms with Crippen molar-refractivity contribution in [1.29, 1.82) is 0 Å². The van der Waals surface area contributed by atoms with E-state index >= 15 is 0 Å². The third-order valence-electron chi connectivity index (χ3n) is 4.07. The third kappa shape index (κ3) is 5.82. The summed E-state index contributed by atoms with van der Waals surface area (Å²) in [7, 11) is 1.77. The molecule has 0 radical (unpaired) electrons. The van der Waals surface area contributed by atoms with Crippen LogP contribution in [0.4, 0.5) is 5.69 Å². The van der Waals surface area contributed by atoms with Gasteiger partial charge in [0.15, 0.2) is 0 Å². The van der Waals surface area contributed by atoms with E-state index in [0.717, 1.165) is 0 Å². The number of nitro groups is 1.